The first kappa shape index (κ1) is 13.9. The summed E-state index contributed by atoms with van der Waals surface area (Å²) in [7, 11) is 0. The van der Waals surface area contributed by atoms with E-state index in [-0.39, 0.29) is 12.7 Å². The van der Waals surface area contributed by atoms with Crippen LogP contribution in [0.5, 0.6) is 0 Å². The smallest absolute Gasteiger partial charge is 0.0897 e. The van der Waals surface area contributed by atoms with Crippen LogP contribution in [0.15, 0.2) is 0 Å². The lowest BCUT2D eigenvalue weighted by Gasteiger charge is -2.17. The van der Waals surface area contributed by atoms with Crippen LogP contribution in [0.3, 0.4) is 0 Å². The Morgan fingerprint density at radius 1 is 1.38 bits per heavy atom. The van der Waals surface area contributed by atoms with Crippen LogP contribution in [-0.4, -0.2) is 48.7 Å². The molecule has 0 saturated heterocycles. The molecule has 0 bridgehead atoms. The zero-order valence-corrected chi connectivity index (χ0v) is 10.4. The number of aliphatic hydroxyl groups is 2. The van der Waals surface area contributed by atoms with Crippen molar-refractivity contribution >= 4 is 0 Å². The molecule has 0 aliphatic heterocycles. The number of nitrogens with one attached hydrogen (secondary N) is 1. The van der Waals surface area contributed by atoms with Crippen molar-refractivity contribution in [3.8, 4) is 0 Å². The maximum absolute atomic E-state index is 9.61. The first-order valence-electron chi connectivity index (χ1n) is 6.19. The predicted octanol–water partition coefficient (Wildman–Crippen LogP) is 0.524. The topological polar surface area (TPSA) is 61.7 Å². The molecular weight excluding hydrogens is 206 g/mol. The van der Waals surface area contributed by atoms with Crippen molar-refractivity contribution in [1.29, 1.82) is 0 Å². The van der Waals surface area contributed by atoms with E-state index < -0.39 is 6.10 Å². The van der Waals surface area contributed by atoms with Crippen LogP contribution in [0, 0.1) is 5.41 Å². The highest BCUT2D eigenvalue weighted by Crippen LogP contribution is 2.47. The summed E-state index contributed by atoms with van der Waals surface area (Å²) in [4.78, 5) is 0. The van der Waals surface area contributed by atoms with Crippen molar-refractivity contribution < 1.29 is 14.9 Å². The van der Waals surface area contributed by atoms with Gasteiger partial charge in [-0.25, -0.2) is 0 Å². The van der Waals surface area contributed by atoms with Crippen LogP contribution < -0.4 is 5.32 Å². The molecule has 1 saturated carbocycles. The summed E-state index contributed by atoms with van der Waals surface area (Å²) in [5, 5.41) is 21.8. The lowest BCUT2D eigenvalue weighted by atomic mass is 10.0. The molecule has 1 fully saturated rings. The second-order valence-electron chi connectivity index (χ2n) is 5.14. The molecule has 0 spiro atoms. The van der Waals surface area contributed by atoms with Crippen LogP contribution in [0.1, 0.15) is 33.1 Å². The summed E-state index contributed by atoms with van der Waals surface area (Å²) in [6.45, 7) is 6.03. The molecule has 4 nitrogen and oxygen atoms in total. The van der Waals surface area contributed by atoms with Crippen LogP contribution in [0.4, 0.5) is 0 Å². The molecular formula is C12H25NO3. The van der Waals surface area contributed by atoms with Gasteiger partial charge in [0.25, 0.3) is 0 Å². The molecule has 0 aromatic carbocycles. The fraction of sp³-hybridized carbons (Fsp3) is 1.00. The minimum Gasteiger partial charge on any atom is -0.396 e. The van der Waals surface area contributed by atoms with Gasteiger partial charge in [-0.05, 0) is 38.5 Å². The average Bonchev–Trinajstić information content (AvgIpc) is 2.96. The number of hydrogen-bond donors (Lipinski definition) is 3. The van der Waals surface area contributed by atoms with E-state index in [4.69, 9.17) is 9.84 Å². The van der Waals surface area contributed by atoms with Crippen molar-refractivity contribution in [2.45, 2.75) is 45.3 Å². The average molecular weight is 231 g/mol. The molecule has 3 N–H and O–H groups in total. The molecule has 1 aliphatic carbocycles. The van der Waals surface area contributed by atoms with Crippen LogP contribution in [-0.2, 0) is 4.74 Å². The third-order valence-electron chi connectivity index (χ3n) is 3.10. The Balaban J connectivity index is 2.02. The lowest BCUT2D eigenvalue weighted by Crippen LogP contribution is -2.34. The first-order valence-corrected chi connectivity index (χ1v) is 6.19. The van der Waals surface area contributed by atoms with Crippen molar-refractivity contribution in [3.63, 3.8) is 0 Å². The molecule has 1 unspecified atom stereocenters. The van der Waals surface area contributed by atoms with Crippen LogP contribution in [0.2, 0.25) is 0 Å². The van der Waals surface area contributed by atoms with Crippen molar-refractivity contribution in [3.05, 3.63) is 0 Å². The zero-order valence-electron chi connectivity index (χ0n) is 10.4. The summed E-state index contributed by atoms with van der Waals surface area (Å²) in [6.07, 6.45) is 2.99. The van der Waals surface area contributed by atoms with E-state index in [0.29, 0.717) is 18.6 Å². The van der Waals surface area contributed by atoms with Crippen molar-refractivity contribution in [1.82, 2.24) is 5.32 Å². The van der Waals surface area contributed by atoms with Gasteiger partial charge in [0.05, 0.1) is 18.8 Å². The third-order valence-corrected chi connectivity index (χ3v) is 3.10. The molecule has 96 valence electrons. The number of ether oxygens (including phenoxy) is 1. The Morgan fingerprint density at radius 2 is 2.06 bits per heavy atom. The standard InChI is InChI=1S/C12H25NO3/c1-10(2)16-8-11(15)7-13-9-12(3-4-12)5-6-14/h10-11,13-15H,3-9H2,1-2H3. The van der Waals surface area contributed by atoms with Crippen LogP contribution >= 0.6 is 0 Å². The summed E-state index contributed by atoms with van der Waals surface area (Å²) < 4.78 is 5.32. The molecule has 0 heterocycles. The zero-order chi connectivity index (χ0) is 12.0. The molecule has 0 aromatic heterocycles. The Kier molecular flexibility index (Phi) is 5.69. The van der Waals surface area contributed by atoms with Gasteiger partial charge in [-0.2, -0.15) is 0 Å². The fourth-order valence-corrected chi connectivity index (χ4v) is 1.80. The quantitative estimate of drug-likeness (QED) is 0.541. The molecule has 0 amide bonds. The van der Waals surface area contributed by atoms with E-state index in [9.17, 15) is 5.11 Å². The second-order valence-corrected chi connectivity index (χ2v) is 5.14. The lowest BCUT2D eigenvalue weighted by molar-refractivity contribution is 0.00595. The van der Waals surface area contributed by atoms with E-state index in [0.717, 1.165) is 13.0 Å². The van der Waals surface area contributed by atoms with Gasteiger partial charge >= 0.3 is 0 Å². The minimum absolute atomic E-state index is 0.166. The summed E-state index contributed by atoms with van der Waals surface area (Å²) in [5.41, 5.74) is 0.313. The maximum Gasteiger partial charge on any atom is 0.0897 e. The Bertz CT molecular complexity index is 193. The van der Waals surface area contributed by atoms with Gasteiger partial charge in [-0.15, -0.1) is 0 Å². The predicted molar refractivity (Wildman–Crippen MR) is 63.3 cm³/mol. The molecule has 16 heavy (non-hydrogen) atoms. The van der Waals surface area contributed by atoms with Gasteiger partial charge in [-0.3, -0.25) is 0 Å². The Morgan fingerprint density at radius 3 is 2.56 bits per heavy atom. The van der Waals surface area contributed by atoms with E-state index in [1.807, 2.05) is 13.8 Å². The van der Waals surface area contributed by atoms with Crippen molar-refractivity contribution in [2.75, 3.05) is 26.3 Å². The fourth-order valence-electron chi connectivity index (χ4n) is 1.80. The Hall–Kier alpha value is -0.160. The highest BCUT2D eigenvalue weighted by molar-refractivity contribution is 4.94. The van der Waals surface area contributed by atoms with Crippen LogP contribution in [0.25, 0.3) is 0 Å². The highest BCUT2D eigenvalue weighted by atomic mass is 16.5. The van der Waals surface area contributed by atoms with Gasteiger partial charge in [0.15, 0.2) is 0 Å². The van der Waals surface area contributed by atoms with Gasteiger partial charge in [0.2, 0.25) is 0 Å². The van der Waals surface area contributed by atoms with Gasteiger partial charge < -0.3 is 20.3 Å². The molecule has 1 atom stereocenters. The molecule has 0 aromatic rings. The monoisotopic (exact) mass is 231 g/mol. The second kappa shape index (κ2) is 6.55. The minimum atomic E-state index is -0.438. The summed E-state index contributed by atoms with van der Waals surface area (Å²) in [6, 6.07) is 0. The molecule has 0 radical (unpaired) electrons. The van der Waals surface area contributed by atoms with Gasteiger partial charge in [0, 0.05) is 19.7 Å². The number of rotatable bonds is 9. The normalized spacial score (nSPS) is 20.1. The van der Waals surface area contributed by atoms with Gasteiger partial charge in [0.1, 0.15) is 0 Å². The number of hydrogen-bond acceptors (Lipinski definition) is 4. The van der Waals surface area contributed by atoms with E-state index in [1.165, 1.54) is 12.8 Å². The number of aliphatic hydroxyl groups excluding tert-OH is 2. The first-order chi connectivity index (χ1) is 7.58. The molecule has 4 heteroatoms. The third kappa shape index (κ3) is 5.25. The van der Waals surface area contributed by atoms with E-state index in [2.05, 4.69) is 5.32 Å². The Labute approximate surface area is 98.0 Å². The van der Waals surface area contributed by atoms with Crippen molar-refractivity contribution in [2.24, 2.45) is 5.41 Å². The van der Waals surface area contributed by atoms with Gasteiger partial charge in [-0.1, -0.05) is 0 Å². The summed E-state index contributed by atoms with van der Waals surface area (Å²) in [5.74, 6) is 0. The molecule has 1 aliphatic rings. The largest absolute Gasteiger partial charge is 0.396 e. The highest BCUT2D eigenvalue weighted by Gasteiger charge is 2.41. The van der Waals surface area contributed by atoms with E-state index in [1.54, 1.807) is 0 Å². The van der Waals surface area contributed by atoms with E-state index >= 15 is 0 Å². The summed E-state index contributed by atoms with van der Waals surface area (Å²) >= 11 is 0. The SMILES string of the molecule is CC(C)OCC(O)CNCC1(CCO)CC1. The maximum atomic E-state index is 9.61. The molecule has 1 rings (SSSR count).